The Morgan fingerprint density at radius 2 is 1.92 bits per heavy atom. The van der Waals surface area contributed by atoms with E-state index >= 15 is 0 Å². The number of carbonyl (C=O) groups excluding carboxylic acids is 3. The molecular weight excluding hydrogens is 486 g/mol. The molecule has 2 aromatic rings. The van der Waals surface area contributed by atoms with E-state index in [9.17, 15) is 19.5 Å². The van der Waals surface area contributed by atoms with Crippen LogP contribution in [-0.4, -0.2) is 58.4 Å². The average molecular weight is 514 g/mol. The summed E-state index contributed by atoms with van der Waals surface area (Å²) in [5.41, 5.74) is 0.858. The molecule has 9 nitrogen and oxygen atoms in total. The molecule has 0 spiro atoms. The molecule has 0 radical (unpaired) electrons. The van der Waals surface area contributed by atoms with E-state index in [1.54, 1.807) is 36.6 Å². The van der Waals surface area contributed by atoms with Gasteiger partial charge in [0, 0.05) is 30.6 Å². The lowest BCUT2D eigenvalue weighted by Gasteiger charge is -2.49. The number of ether oxygens (including phenoxy) is 1. The molecule has 7 rings (SSSR count). The minimum atomic E-state index is -1.49. The SMILES string of the molecule is COC(=O)[C@]12CC3=C(NC4C=CC=CC34)[C@H](c3ccco3)N1[C@H](c1ccccc1O)[C@@H]1C(=O)N(C)C(=O)[C@@H]12. The van der Waals surface area contributed by atoms with Gasteiger partial charge in [-0.05, 0) is 23.8 Å². The number of benzene rings is 1. The third kappa shape index (κ3) is 2.71. The van der Waals surface area contributed by atoms with E-state index in [1.807, 2.05) is 23.1 Å². The monoisotopic (exact) mass is 513 g/mol. The molecule has 0 bridgehead atoms. The van der Waals surface area contributed by atoms with Crippen molar-refractivity contribution in [2.45, 2.75) is 30.1 Å². The molecule has 38 heavy (non-hydrogen) atoms. The summed E-state index contributed by atoms with van der Waals surface area (Å²) in [6.45, 7) is 0. The second kappa shape index (κ2) is 7.94. The molecular formula is C29H27N3O6. The molecule has 4 aliphatic heterocycles. The molecule has 5 heterocycles. The fourth-order valence-electron chi connectivity index (χ4n) is 7.54. The Kier molecular flexibility index (Phi) is 4.82. The second-order valence-electron chi connectivity index (χ2n) is 10.6. The number of nitrogens with one attached hydrogen (secondary N) is 1. The third-order valence-corrected chi connectivity index (χ3v) is 9.01. The molecule has 7 atom stereocenters. The van der Waals surface area contributed by atoms with Crippen LogP contribution in [0, 0.1) is 17.8 Å². The molecule has 2 fully saturated rings. The first-order valence-electron chi connectivity index (χ1n) is 12.7. The summed E-state index contributed by atoms with van der Waals surface area (Å²) >= 11 is 0. The Morgan fingerprint density at radius 3 is 2.66 bits per heavy atom. The van der Waals surface area contributed by atoms with Crippen molar-refractivity contribution >= 4 is 17.8 Å². The topological polar surface area (TPSA) is 112 Å². The van der Waals surface area contributed by atoms with E-state index in [0.717, 1.165) is 16.2 Å². The van der Waals surface area contributed by atoms with Gasteiger partial charge < -0.3 is 19.6 Å². The standard InChI is InChI=1S/C29H27N3O6/c1-31-26(34)21-22(27(31)35)29(28(36)37-2)14-17-15-8-3-5-10-18(15)30-23(17)25(20-12-7-13-38-20)32(29)24(21)16-9-4-6-11-19(16)33/h3-13,15,18,21-22,24-25,30,33H,14H2,1-2H3/t15?,18?,21-,22-,24-,25+,29-/m1/s1. The maximum Gasteiger partial charge on any atom is 0.327 e. The highest BCUT2D eigenvalue weighted by Gasteiger charge is 2.75. The molecule has 194 valence electrons. The smallest absolute Gasteiger partial charge is 0.327 e. The number of hydrogen-bond acceptors (Lipinski definition) is 8. The Bertz CT molecular complexity index is 1460. The number of nitrogens with zero attached hydrogens (tertiary/aromatic N) is 2. The first kappa shape index (κ1) is 23.0. The lowest BCUT2D eigenvalue weighted by Crippen LogP contribution is -2.61. The number of hydrogen-bond donors (Lipinski definition) is 2. The third-order valence-electron chi connectivity index (χ3n) is 9.01. The van der Waals surface area contributed by atoms with E-state index in [0.29, 0.717) is 11.3 Å². The number of esters is 1. The number of amides is 2. The number of likely N-dealkylation sites (tertiary alicyclic amines) is 1. The Balaban J connectivity index is 1.55. The van der Waals surface area contributed by atoms with E-state index in [1.165, 1.54) is 14.2 Å². The maximum atomic E-state index is 14.1. The quantitative estimate of drug-likeness (QED) is 0.476. The molecule has 1 aromatic carbocycles. The highest BCUT2D eigenvalue weighted by Crippen LogP contribution is 2.65. The van der Waals surface area contributed by atoms with Gasteiger partial charge in [0.25, 0.3) is 0 Å². The summed E-state index contributed by atoms with van der Waals surface area (Å²) < 4.78 is 11.4. The predicted molar refractivity (Wildman–Crippen MR) is 134 cm³/mol. The van der Waals surface area contributed by atoms with E-state index in [-0.39, 0.29) is 30.0 Å². The number of methoxy groups -OCH3 is 1. The zero-order chi connectivity index (χ0) is 26.3. The largest absolute Gasteiger partial charge is 0.508 e. The fourth-order valence-corrected chi connectivity index (χ4v) is 7.54. The van der Waals surface area contributed by atoms with Gasteiger partial charge >= 0.3 is 5.97 Å². The van der Waals surface area contributed by atoms with Gasteiger partial charge in [-0.2, -0.15) is 0 Å². The molecule has 1 aliphatic carbocycles. The van der Waals surface area contributed by atoms with Gasteiger partial charge in [-0.25, -0.2) is 0 Å². The first-order chi connectivity index (χ1) is 18.4. The van der Waals surface area contributed by atoms with Gasteiger partial charge in [0.05, 0.1) is 37.3 Å². The summed E-state index contributed by atoms with van der Waals surface area (Å²) in [6.07, 6.45) is 9.93. The van der Waals surface area contributed by atoms with Gasteiger partial charge in [0.15, 0.2) is 0 Å². The van der Waals surface area contributed by atoms with Crippen molar-refractivity contribution < 1.29 is 28.6 Å². The number of phenols is 1. The van der Waals surface area contributed by atoms with Crippen LogP contribution in [0.5, 0.6) is 5.75 Å². The molecule has 2 unspecified atom stereocenters. The Morgan fingerprint density at radius 1 is 1.13 bits per heavy atom. The zero-order valence-corrected chi connectivity index (χ0v) is 20.9. The van der Waals surface area contributed by atoms with Crippen LogP contribution in [0.2, 0.25) is 0 Å². The minimum absolute atomic E-state index is 0.0105. The molecule has 9 heteroatoms. The maximum absolute atomic E-state index is 14.1. The predicted octanol–water partition coefficient (Wildman–Crippen LogP) is 2.60. The van der Waals surface area contributed by atoms with Crippen LogP contribution >= 0.6 is 0 Å². The van der Waals surface area contributed by atoms with Crippen molar-refractivity contribution in [1.82, 2.24) is 15.1 Å². The normalized spacial score (nSPS) is 35.2. The summed E-state index contributed by atoms with van der Waals surface area (Å²) in [5.74, 6) is -2.73. The van der Waals surface area contributed by atoms with Crippen molar-refractivity contribution in [3.63, 3.8) is 0 Å². The number of para-hydroxylation sites is 1. The number of aromatic hydroxyl groups is 1. The van der Waals surface area contributed by atoms with Crippen LogP contribution in [0.3, 0.4) is 0 Å². The highest BCUT2D eigenvalue weighted by atomic mass is 16.5. The zero-order valence-electron chi connectivity index (χ0n) is 20.9. The van der Waals surface area contributed by atoms with Crippen LogP contribution in [0.4, 0.5) is 0 Å². The lowest BCUT2D eigenvalue weighted by atomic mass is 9.71. The van der Waals surface area contributed by atoms with Crippen LogP contribution in [0.15, 0.2) is 82.7 Å². The van der Waals surface area contributed by atoms with E-state index < -0.39 is 41.3 Å². The van der Waals surface area contributed by atoms with Crippen molar-refractivity contribution in [2.24, 2.45) is 17.8 Å². The van der Waals surface area contributed by atoms with Gasteiger partial charge in [-0.3, -0.25) is 24.2 Å². The van der Waals surface area contributed by atoms with Gasteiger partial charge in [0.2, 0.25) is 11.8 Å². The second-order valence-corrected chi connectivity index (χ2v) is 10.6. The van der Waals surface area contributed by atoms with Crippen LogP contribution in [0.25, 0.3) is 0 Å². The molecule has 0 saturated carbocycles. The molecule has 2 N–H and O–H groups in total. The number of carbonyl (C=O) groups is 3. The van der Waals surface area contributed by atoms with Crippen molar-refractivity contribution in [3.8, 4) is 5.75 Å². The van der Waals surface area contributed by atoms with E-state index in [2.05, 4.69) is 17.5 Å². The molecule has 1 aromatic heterocycles. The Labute approximate surface area is 219 Å². The number of phenolic OH excluding ortho intramolecular Hbond substituents is 1. The summed E-state index contributed by atoms with van der Waals surface area (Å²) in [5, 5.41) is 14.7. The first-order valence-corrected chi connectivity index (χ1v) is 12.7. The number of furan rings is 1. The molecule has 2 amide bonds. The number of rotatable bonds is 3. The van der Waals surface area contributed by atoms with Crippen LogP contribution < -0.4 is 5.32 Å². The summed E-state index contributed by atoms with van der Waals surface area (Å²) in [4.78, 5) is 44.7. The van der Waals surface area contributed by atoms with Crippen molar-refractivity contribution in [2.75, 3.05) is 14.2 Å². The lowest BCUT2D eigenvalue weighted by molar-refractivity contribution is -0.164. The van der Waals surface area contributed by atoms with Gasteiger partial charge in [0.1, 0.15) is 23.1 Å². The van der Waals surface area contributed by atoms with Gasteiger partial charge in [-0.15, -0.1) is 0 Å². The summed E-state index contributed by atoms with van der Waals surface area (Å²) in [7, 11) is 2.77. The summed E-state index contributed by atoms with van der Waals surface area (Å²) in [6, 6.07) is 8.98. The Hall–Kier alpha value is -4.11. The number of allylic oxidation sites excluding steroid dienone is 2. The minimum Gasteiger partial charge on any atom is -0.508 e. The van der Waals surface area contributed by atoms with Gasteiger partial charge in [-0.1, -0.05) is 42.5 Å². The van der Waals surface area contributed by atoms with Crippen LogP contribution in [-0.2, 0) is 19.1 Å². The number of imide groups is 1. The highest BCUT2D eigenvalue weighted by molar-refractivity contribution is 6.09. The van der Waals surface area contributed by atoms with E-state index in [4.69, 9.17) is 9.15 Å². The molecule has 2 saturated heterocycles. The molecule has 5 aliphatic rings. The fraction of sp³-hybridized carbons (Fsp3) is 0.345. The van der Waals surface area contributed by atoms with Crippen molar-refractivity contribution in [1.29, 1.82) is 0 Å². The van der Waals surface area contributed by atoms with Crippen molar-refractivity contribution in [3.05, 3.63) is 89.6 Å². The van der Waals surface area contributed by atoms with Crippen LogP contribution in [0.1, 0.15) is 29.8 Å². The number of fused-ring (bicyclic) bond motifs is 5. The average Bonchev–Trinajstić information content (AvgIpc) is 3.69.